The molecule has 1 heterocycles. The molecule has 3 heteroatoms. The van der Waals surface area contributed by atoms with Crippen LogP contribution in [0.25, 0.3) is 0 Å². The first-order valence-corrected chi connectivity index (χ1v) is 6.08. The molecule has 1 aliphatic heterocycles. The zero-order chi connectivity index (χ0) is 12.3. The van der Waals surface area contributed by atoms with Crippen LogP contribution in [0.4, 0.5) is 0 Å². The minimum Gasteiger partial charge on any atom is -0.460 e. The lowest BCUT2D eigenvalue weighted by Gasteiger charge is -2.15. The topological polar surface area (TPSA) is 35.5 Å². The molecule has 1 aromatic rings. The smallest absolute Gasteiger partial charge is 0.335 e. The lowest BCUT2D eigenvalue weighted by Crippen LogP contribution is -2.25. The van der Waals surface area contributed by atoms with E-state index in [1.807, 2.05) is 44.2 Å². The van der Waals surface area contributed by atoms with Gasteiger partial charge in [0.25, 0.3) is 0 Å². The van der Waals surface area contributed by atoms with Crippen molar-refractivity contribution in [1.82, 2.24) is 0 Å². The third-order valence-electron chi connectivity index (χ3n) is 3.24. The summed E-state index contributed by atoms with van der Waals surface area (Å²) < 4.78 is 10.9. The first-order chi connectivity index (χ1) is 8.22. The van der Waals surface area contributed by atoms with E-state index in [1.165, 1.54) is 0 Å². The highest BCUT2D eigenvalue weighted by Gasteiger charge is 2.41. The van der Waals surface area contributed by atoms with Crippen LogP contribution in [-0.4, -0.2) is 18.2 Å². The fourth-order valence-corrected chi connectivity index (χ4v) is 2.17. The molecule has 0 saturated carbocycles. The molecule has 0 aliphatic carbocycles. The highest BCUT2D eigenvalue weighted by Crippen LogP contribution is 2.27. The van der Waals surface area contributed by atoms with Gasteiger partial charge < -0.3 is 9.47 Å². The van der Waals surface area contributed by atoms with Gasteiger partial charge in [-0.2, -0.15) is 0 Å². The lowest BCUT2D eigenvalue weighted by molar-refractivity contribution is -0.150. The van der Waals surface area contributed by atoms with Crippen molar-refractivity contribution >= 4 is 5.97 Å². The number of benzene rings is 1. The highest BCUT2D eigenvalue weighted by molar-refractivity contribution is 5.77. The van der Waals surface area contributed by atoms with Gasteiger partial charge in [-0.05, 0) is 12.0 Å². The van der Waals surface area contributed by atoms with Gasteiger partial charge in [0.05, 0.1) is 6.61 Å². The molecule has 0 N–H and O–H groups in total. The largest absolute Gasteiger partial charge is 0.460 e. The van der Waals surface area contributed by atoms with Crippen LogP contribution in [-0.2, 0) is 20.9 Å². The van der Waals surface area contributed by atoms with Gasteiger partial charge in [0.2, 0.25) is 0 Å². The quantitative estimate of drug-likeness (QED) is 0.751. The van der Waals surface area contributed by atoms with Gasteiger partial charge >= 0.3 is 5.97 Å². The van der Waals surface area contributed by atoms with E-state index < -0.39 is 6.10 Å². The Hall–Kier alpha value is -1.35. The van der Waals surface area contributed by atoms with Crippen LogP contribution < -0.4 is 0 Å². The molecule has 1 aromatic carbocycles. The van der Waals surface area contributed by atoms with Gasteiger partial charge in [-0.1, -0.05) is 44.2 Å². The number of cyclic esters (lactones) is 1. The van der Waals surface area contributed by atoms with Crippen molar-refractivity contribution < 1.29 is 14.3 Å². The summed E-state index contributed by atoms with van der Waals surface area (Å²) in [6.07, 6.45) is 0.432. The first-order valence-electron chi connectivity index (χ1n) is 6.08. The maximum atomic E-state index is 11.6. The Morgan fingerprint density at radius 3 is 2.59 bits per heavy atom. The van der Waals surface area contributed by atoms with E-state index in [0.717, 1.165) is 12.0 Å². The van der Waals surface area contributed by atoms with Gasteiger partial charge in [-0.15, -0.1) is 0 Å². The zero-order valence-electron chi connectivity index (χ0n) is 10.3. The minimum atomic E-state index is -0.417. The van der Waals surface area contributed by atoms with E-state index in [4.69, 9.17) is 9.47 Å². The molecule has 0 aromatic heterocycles. The molecule has 0 bridgehead atoms. The second kappa shape index (κ2) is 5.32. The molecule has 1 fully saturated rings. The zero-order valence-corrected chi connectivity index (χ0v) is 10.3. The summed E-state index contributed by atoms with van der Waals surface area (Å²) in [5.41, 5.74) is 1.08. The summed E-state index contributed by atoms with van der Waals surface area (Å²) in [6.45, 7) is 4.49. The van der Waals surface area contributed by atoms with E-state index in [0.29, 0.717) is 6.61 Å². The molecular formula is C14H18O3. The second-order valence-corrected chi connectivity index (χ2v) is 4.46. The molecule has 2 rings (SSSR count). The van der Waals surface area contributed by atoms with Crippen molar-refractivity contribution in [2.75, 3.05) is 0 Å². The maximum Gasteiger partial charge on any atom is 0.335 e. The van der Waals surface area contributed by atoms with Crippen LogP contribution in [0.1, 0.15) is 25.8 Å². The predicted molar refractivity (Wildman–Crippen MR) is 64.4 cm³/mol. The number of rotatable bonds is 4. The van der Waals surface area contributed by atoms with Crippen molar-refractivity contribution in [3.8, 4) is 0 Å². The number of hydrogen-bond donors (Lipinski definition) is 0. The summed E-state index contributed by atoms with van der Waals surface area (Å²) in [5.74, 6) is -0.0866. The summed E-state index contributed by atoms with van der Waals surface area (Å²) >= 11 is 0. The fraction of sp³-hybridized carbons (Fsp3) is 0.500. The molecule has 1 aliphatic rings. The lowest BCUT2D eigenvalue weighted by atomic mass is 9.99. The van der Waals surface area contributed by atoms with E-state index in [1.54, 1.807) is 0 Å². The second-order valence-electron chi connectivity index (χ2n) is 4.46. The minimum absolute atomic E-state index is 0.00303. The summed E-state index contributed by atoms with van der Waals surface area (Å²) in [7, 11) is 0. The van der Waals surface area contributed by atoms with Crippen LogP contribution in [0.15, 0.2) is 30.3 Å². The van der Waals surface area contributed by atoms with E-state index in [9.17, 15) is 4.79 Å². The van der Waals surface area contributed by atoms with Crippen LogP contribution in [0, 0.1) is 5.92 Å². The van der Waals surface area contributed by atoms with Crippen LogP contribution in [0.3, 0.4) is 0 Å². The molecular weight excluding hydrogens is 216 g/mol. The Morgan fingerprint density at radius 2 is 2.00 bits per heavy atom. The third-order valence-corrected chi connectivity index (χ3v) is 3.24. The number of carbonyl (C=O) groups is 1. The van der Waals surface area contributed by atoms with E-state index in [2.05, 4.69) is 0 Å². The third kappa shape index (κ3) is 2.67. The van der Waals surface area contributed by atoms with Gasteiger partial charge in [-0.25, -0.2) is 4.79 Å². The predicted octanol–water partition coefficient (Wildman–Crippen LogP) is 2.54. The SMILES string of the molecule is CC[C@H]1OC(=O)[C@H](OCc2ccccc2)[C@@H]1C. The van der Waals surface area contributed by atoms with Crippen molar-refractivity contribution in [3.05, 3.63) is 35.9 Å². The van der Waals surface area contributed by atoms with Crippen molar-refractivity contribution in [3.63, 3.8) is 0 Å². The first kappa shape index (κ1) is 12.1. The molecule has 92 valence electrons. The summed E-state index contributed by atoms with van der Waals surface area (Å²) in [6, 6.07) is 9.86. The molecule has 0 radical (unpaired) electrons. The Bertz CT molecular complexity index is 374. The number of carbonyl (C=O) groups excluding carboxylic acids is 1. The van der Waals surface area contributed by atoms with Crippen LogP contribution in [0.5, 0.6) is 0 Å². The van der Waals surface area contributed by atoms with Gasteiger partial charge in [-0.3, -0.25) is 0 Å². The Balaban J connectivity index is 1.93. The monoisotopic (exact) mass is 234 g/mol. The molecule has 3 atom stereocenters. The fourth-order valence-electron chi connectivity index (χ4n) is 2.17. The van der Waals surface area contributed by atoms with Gasteiger partial charge in [0.15, 0.2) is 6.10 Å². The van der Waals surface area contributed by atoms with Crippen LogP contribution in [0.2, 0.25) is 0 Å². The van der Waals surface area contributed by atoms with Crippen LogP contribution >= 0.6 is 0 Å². The van der Waals surface area contributed by atoms with Crippen molar-refractivity contribution in [2.24, 2.45) is 5.92 Å². The Labute approximate surface area is 102 Å². The molecule has 0 unspecified atom stereocenters. The van der Waals surface area contributed by atoms with Crippen molar-refractivity contribution in [1.29, 1.82) is 0 Å². The van der Waals surface area contributed by atoms with E-state index >= 15 is 0 Å². The average molecular weight is 234 g/mol. The van der Waals surface area contributed by atoms with Gasteiger partial charge in [0.1, 0.15) is 6.10 Å². The standard InChI is InChI=1S/C14H18O3/c1-3-12-10(2)13(14(15)17-12)16-9-11-7-5-4-6-8-11/h4-8,10,12-13H,3,9H2,1-2H3/t10-,12-,13-/m1/s1. The highest BCUT2D eigenvalue weighted by atomic mass is 16.6. The average Bonchev–Trinajstić information content (AvgIpc) is 2.63. The summed E-state index contributed by atoms with van der Waals surface area (Å²) in [5, 5.41) is 0. The molecule has 0 spiro atoms. The molecule has 0 amide bonds. The van der Waals surface area contributed by atoms with E-state index in [-0.39, 0.29) is 18.0 Å². The number of hydrogen-bond acceptors (Lipinski definition) is 3. The Kier molecular flexibility index (Phi) is 3.79. The number of ether oxygens (including phenoxy) is 2. The Morgan fingerprint density at radius 1 is 1.29 bits per heavy atom. The summed E-state index contributed by atoms with van der Waals surface area (Å²) in [4.78, 5) is 11.6. The molecule has 3 nitrogen and oxygen atoms in total. The van der Waals surface area contributed by atoms with Gasteiger partial charge in [0, 0.05) is 5.92 Å². The maximum absolute atomic E-state index is 11.6. The molecule has 17 heavy (non-hydrogen) atoms. The molecule has 1 saturated heterocycles. The van der Waals surface area contributed by atoms with Crippen molar-refractivity contribution in [2.45, 2.75) is 39.1 Å². The normalized spacial score (nSPS) is 28.1. The number of esters is 1.